The van der Waals surface area contributed by atoms with Crippen molar-refractivity contribution in [1.29, 1.82) is 0 Å². The molecule has 2 heterocycles. The average Bonchev–Trinajstić information content (AvgIpc) is 3.67. The number of nitrogens with one attached hydrogen (secondary N) is 3. The molecule has 16 nitrogen and oxygen atoms in total. The van der Waals surface area contributed by atoms with Crippen molar-refractivity contribution in [2.75, 3.05) is 46.2 Å². The van der Waals surface area contributed by atoms with Gasteiger partial charge in [-0.2, -0.15) is 0 Å². The van der Waals surface area contributed by atoms with Gasteiger partial charge in [0.05, 0.1) is 36.6 Å². The number of ether oxygens (including phenoxy) is 2. The van der Waals surface area contributed by atoms with Crippen LogP contribution in [0, 0.1) is 24.7 Å². The number of anilines is 1. The number of hydrogen-bond acceptors (Lipinski definition) is 11. The zero-order valence-electron chi connectivity index (χ0n) is 35.0. The van der Waals surface area contributed by atoms with Crippen molar-refractivity contribution < 1.29 is 38.6 Å². The van der Waals surface area contributed by atoms with E-state index in [-0.39, 0.29) is 61.2 Å². The third-order valence-corrected chi connectivity index (χ3v) is 10.9. The number of nitrogens with zero attached hydrogens (tertiary/aromatic N) is 4. The van der Waals surface area contributed by atoms with E-state index in [1.807, 2.05) is 58.0 Å². The number of hydrogen-bond donors (Lipinski definition) is 5. The molecule has 0 bridgehead atoms. The van der Waals surface area contributed by atoms with Crippen molar-refractivity contribution in [2.24, 2.45) is 23.5 Å². The molecule has 3 rings (SSSR count). The molecule has 57 heavy (non-hydrogen) atoms. The highest BCUT2D eigenvalue weighted by Crippen LogP contribution is 2.30. The van der Waals surface area contributed by atoms with Crippen LogP contribution in [0.2, 0.25) is 0 Å². The Hall–Kier alpha value is -4.67. The highest BCUT2D eigenvalue weighted by molar-refractivity contribution is 5.93. The molecule has 1 aromatic carbocycles. The molecule has 1 fully saturated rings. The molecular formula is C41H64N8O8. The number of aryl methyl sites for hydroxylation is 1. The first-order chi connectivity index (χ1) is 27.1. The molecule has 16 heteroatoms. The minimum atomic E-state index is -1.15. The molecule has 1 aromatic heterocycles. The average molecular weight is 797 g/mol. The summed E-state index contributed by atoms with van der Waals surface area (Å²) >= 11 is 0. The number of aromatic nitrogens is 2. The number of carboxylic acids is 1. The first-order valence-corrected chi connectivity index (χ1v) is 19.9. The maximum atomic E-state index is 14.4. The number of carboxylic acid groups (broad SMARTS) is 1. The summed E-state index contributed by atoms with van der Waals surface area (Å²) < 4.78 is 11.9. The van der Waals surface area contributed by atoms with Crippen molar-refractivity contribution in [3.05, 3.63) is 53.3 Å². The predicted octanol–water partition coefficient (Wildman–Crippen LogP) is 2.64. The number of amides is 4. The molecule has 8 atom stereocenters. The van der Waals surface area contributed by atoms with E-state index in [9.17, 15) is 29.1 Å². The van der Waals surface area contributed by atoms with Gasteiger partial charge >= 0.3 is 5.97 Å². The summed E-state index contributed by atoms with van der Waals surface area (Å²) in [6, 6.07) is 7.78. The van der Waals surface area contributed by atoms with Gasteiger partial charge in [-0.3, -0.25) is 19.2 Å². The third-order valence-electron chi connectivity index (χ3n) is 10.9. The van der Waals surface area contributed by atoms with Gasteiger partial charge in [-0.1, -0.05) is 71.4 Å². The molecule has 6 N–H and O–H groups in total. The summed E-state index contributed by atoms with van der Waals surface area (Å²) in [7, 11) is 4.73. The van der Waals surface area contributed by atoms with Gasteiger partial charge in [0.1, 0.15) is 17.8 Å². The zero-order valence-corrected chi connectivity index (χ0v) is 35.0. The number of likely N-dealkylation sites (tertiary alicyclic amines) is 1. The number of carbonyl (C=O) groups excluding carboxylic acids is 4. The molecule has 4 amide bonds. The van der Waals surface area contributed by atoms with Gasteiger partial charge in [0.25, 0.3) is 5.91 Å². The van der Waals surface area contributed by atoms with Gasteiger partial charge in [0.2, 0.25) is 23.7 Å². The van der Waals surface area contributed by atoms with Gasteiger partial charge < -0.3 is 46.1 Å². The lowest BCUT2D eigenvalue weighted by Crippen LogP contribution is -2.56. The van der Waals surface area contributed by atoms with E-state index in [4.69, 9.17) is 15.2 Å². The summed E-state index contributed by atoms with van der Waals surface area (Å²) in [5.74, 6) is -3.39. The van der Waals surface area contributed by atoms with Crippen LogP contribution in [0.25, 0.3) is 0 Å². The Kier molecular flexibility index (Phi) is 18.3. The molecule has 1 aliphatic heterocycles. The van der Waals surface area contributed by atoms with E-state index in [0.29, 0.717) is 31.5 Å². The van der Waals surface area contributed by atoms with Crippen LogP contribution < -0.4 is 21.7 Å². The van der Waals surface area contributed by atoms with E-state index in [1.165, 1.54) is 14.2 Å². The molecular weight excluding hydrogens is 732 g/mol. The standard InChI is InChI=1S/C41H64N8O8/c1-10-25(4)35(48(7)39(53)34(24(2)3)47-41-44-26(5)21-29(46-41)38(52)43-19-18-42)32(56-8)23-33(50)49-20-14-17-31(49)36(57-9)27(6)37(51)45-30(40(54)55)22-28-15-12-11-13-16-28/h11-13,15-16,21,24-25,27,30-32,34-36H,10,14,17-20,22-23,42H2,1-9H3,(H,43,52)(H,45,51)(H,54,55)(H,44,46,47)/t25-,27+,30-,31-,32+,34-,35-,36+/m0/s1. The number of benzene rings is 1. The molecule has 316 valence electrons. The fourth-order valence-corrected chi connectivity index (χ4v) is 7.56. The molecule has 0 aliphatic carbocycles. The van der Waals surface area contributed by atoms with Crippen LogP contribution in [-0.2, 0) is 35.1 Å². The molecule has 0 unspecified atom stereocenters. The van der Waals surface area contributed by atoms with Crippen LogP contribution in [0.5, 0.6) is 0 Å². The Balaban J connectivity index is 1.79. The smallest absolute Gasteiger partial charge is 0.326 e. The van der Waals surface area contributed by atoms with E-state index >= 15 is 0 Å². The molecule has 0 saturated carbocycles. The SMILES string of the molecule is CC[C@H](C)[C@@H]([C@@H](CC(=O)N1CCC[C@H]1[C@H](OC)[C@@H](C)C(=O)N[C@@H](Cc1ccccc1)C(=O)O)OC)N(C)C(=O)[C@@H](Nc1nc(C)cc(C(=O)NCCN)n1)C(C)C. The Morgan fingerprint density at radius 3 is 2.32 bits per heavy atom. The number of likely N-dealkylation sites (N-methyl/N-ethyl adjacent to an activating group) is 1. The van der Waals surface area contributed by atoms with Gasteiger partial charge in [0, 0.05) is 53.0 Å². The summed E-state index contributed by atoms with van der Waals surface area (Å²) in [6.45, 7) is 12.3. The van der Waals surface area contributed by atoms with Gasteiger partial charge in [0.15, 0.2) is 0 Å². The number of rotatable bonds is 22. The number of carbonyl (C=O) groups is 5. The van der Waals surface area contributed by atoms with Gasteiger partial charge in [-0.15, -0.1) is 0 Å². The summed E-state index contributed by atoms with van der Waals surface area (Å²) in [5.41, 5.74) is 7.01. The van der Waals surface area contributed by atoms with Crippen LogP contribution in [-0.4, -0.2) is 132 Å². The van der Waals surface area contributed by atoms with Crippen molar-refractivity contribution >= 4 is 35.5 Å². The molecule has 0 radical (unpaired) electrons. The second-order valence-electron chi connectivity index (χ2n) is 15.3. The Morgan fingerprint density at radius 2 is 1.74 bits per heavy atom. The lowest BCUT2D eigenvalue weighted by molar-refractivity contribution is -0.147. The minimum Gasteiger partial charge on any atom is -0.480 e. The second-order valence-corrected chi connectivity index (χ2v) is 15.3. The lowest BCUT2D eigenvalue weighted by Gasteiger charge is -2.40. The Morgan fingerprint density at radius 1 is 1.05 bits per heavy atom. The zero-order chi connectivity index (χ0) is 42.4. The second kappa shape index (κ2) is 22.3. The third kappa shape index (κ3) is 12.7. The monoisotopic (exact) mass is 796 g/mol. The molecule has 2 aromatic rings. The fourth-order valence-electron chi connectivity index (χ4n) is 7.56. The highest BCUT2D eigenvalue weighted by atomic mass is 16.5. The van der Waals surface area contributed by atoms with Crippen molar-refractivity contribution in [1.82, 2.24) is 30.4 Å². The van der Waals surface area contributed by atoms with E-state index in [1.54, 1.807) is 36.8 Å². The summed E-state index contributed by atoms with van der Waals surface area (Å²) in [4.78, 5) is 79.1. The normalized spacial score (nSPS) is 17.8. The first kappa shape index (κ1) is 46.7. The van der Waals surface area contributed by atoms with Crippen molar-refractivity contribution in [3.8, 4) is 0 Å². The summed E-state index contributed by atoms with van der Waals surface area (Å²) in [5, 5.41) is 18.4. The maximum absolute atomic E-state index is 14.4. The van der Waals surface area contributed by atoms with Crippen LogP contribution >= 0.6 is 0 Å². The Labute approximate surface area is 337 Å². The van der Waals surface area contributed by atoms with Crippen molar-refractivity contribution in [3.63, 3.8) is 0 Å². The van der Waals surface area contributed by atoms with Crippen LogP contribution in [0.15, 0.2) is 36.4 Å². The Bertz CT molecular complexity index is 1650. The van der Waals surface area contributed by atoms with Gasteiger partial charge in [-0.05, 0) is 43.2 Å². The molecule has 1 saturated heterocycles. The number of aliphatic carboxylic acids is 1. The minimum absolute atomic E-state index is 0.0309. The van der Waals surface area contributed by atoms with E-state index in [0.717, 1.165) is 5.56 Å². The first-order valence-electron chi connectivity index (χ1n) is 19.9. The van der Waals surface area contributed by atoms with Crippen LogP contribution in [0.1, 0.15) is 82.0 Å². The van der Waals surface area contributed by atoms with E-state index < -0.39 is 60.1 Å². The number of nitrogens with two attached hydrogens (primary N) is 1. The van der Waals surface area contributed by atoms with Crippen molar-refractivity contribution in [2.45, 2.75) is 110 Å². The van der Waals surface area contributed by atoms with Crippen LogP contribution in [0.4, 0.5) is 5.95 Å². The van der Waals surface area contributed by atoms with Crippen LogP contribution in [0.3, 0.4) is 0 Å². The highest BCUT2D eigenvalue weighted by Gasteiger charge is 2.43. The molecule has 0 spiro atoms. The van der Waals surface area contributed by atoms with E-state index in [2.05, 4.69) is 25.9 Å². The van der Waals surface area contributed by atoms with Gasteiger partial charge in [-0.25, -0.2) is 14.8 Å². The molecule has 1 aliphatic rings. The predicted molar refractivity (Wildman–Crippen MR) is 216 cm³/mol. The maximum Gasteiger partial charge on any atom is 0.326 e. The lowest BCUT2D eigenvalue weighted by atomic mass is 9.89. The fraction of sp³-hybridized carbons (Fsp3) is 0.634. The summed E-state index contributed by atoms with van der Waals surface area (Å²) in [6.07, 6.45) is 0.697. The topological polar surface area (TPSA) is 218 Å². The number of methoxy groups -OCH3 is 2. The quantitative estimate of drug-likeness (QED) is 0.116. The largest absolute Gasteiger partial charge is 0.480 e.